The number of hydrogen-bond donors (Lipinski definition) is 1. The molecule has 1 aromatic heterocycles. The molecule has 0 amide bonds. The molecule has 11 heavy (non-hydrogen) atoms. The standard InChI is InChI=1S/C6H7F3N2/c7-4-6(8,9)3-5-10-1-2-11-5/h1-2H,3-4H2,(H,10,11). The highest BCUT2D eigenvalue weighted by atomic mass is 19.3. The first kappa shape index (κ1) is 8.10. The molecule has 0 aliphatic carbocycles. The van der Waals surface area contributed by atoms with E-state index in [0.717, 1.165) is 0 Å². The second-order valence-corrected chi connectivity index (χ2v) is 2.20. The van der Waals surface area contributed by atoms with Crippen LogP contribution in [0.3, 0.4) is 0 Å². The van der Waals surface area contributed by atoms with Crippen LogP contribution in [0.1, 0.15) is 5.82 Å². The highest BCUT2D eigenvalue weighted by molar-refractivity contribution is 4.91. The number of aromatic amines is 1. The van der Waals surface area contributed by atoms with E-state index >= 15 is 0 Å². The molecule has 0 unspecified atom stereocenters. The van der Waals surface area contributed by atoms with Crippen molar-refractivity contribution in [1.82, 2.24) is 9.97 Å². The number of halogens is 3. The lowest BCUT2D eigenvalue weighted by Crippen LogP contribution is -2.22. The predicted molar refractivity (Wildman–Crippen MR) is 33.2 cm³/mol. The van der Waals surface area contributed by atoms with E-state index in [1.54, 1.807) is 0 Å². The average Bonchev–Trinajstić information content (AvgIpc) is 2.39. The van der Waals surface area contributed by atoms with E-state index in [1.807, 2.05) is 0 Å². The first-order valence-electron chi connectivity index (χ1n) is 3.06. The lowest BCUT2D eigenvalue weighted by atomic mass is 10.2. The third kappa shape index (κ3) is 2.25. The summed E-state index contributed by atoms with van der Waals surface area (Å²) in [5.74, 6) is -3.19. The second kappa shape index (κ2) is 2.94. The fraction of sp³-hybridized carbons (Fsp3) is 0.500. The molecule has 2 nitrogen and oxygen atoms in total. The van der Waals surface area contributed by atoms with Crippen molar-refractivity contribution in [1.29, 1.82) is 0 Å². The van der Waals surface area contributed by atoms with Crippen LogP contribution in [0.4, 0.5) is 13.2 Å². The van der Waals surface area contributed by atoms with Crippen molar-refractivity contribution in [2.24, 2.45) is 0 Å². The quantitative estimate of drug-likeness (QED) is 0.721. The van der Waals surface area contributed by atoms with Crippen LogP contribution in [0.15, 0.2) is 12.4 Å². The molecular weight excluding hydrogens is 157 g/mol. The Morgan fingerprint density at radius 1 is 1.55 bits per heavy atom. The molecule has 1 aromatic rings. The number of nitrogens with one attached hydrogen (secondary N) is 1. The van der Waals surface area contributed by atoms with Crippen LogP contribution in [0.2, 0.25) is 0 Å². The van der Waals surface area contributed by atoms with Crippen LogP contribution < -0.4 is 0 Å². The van der Waals surface area contributed by atoms with Crippen molar-refractivity contribution in [3.8, 4) is 0 Å². The number of H-pyrrole nitrogens is 1. The van der Waals surface area contributed by atoms with E-state index < -0.39 is 19.0 Å². The van der Waals surface area contributed by atoms with Crippen molar-refractivity contribution < 1.29 is 13.2 Å². The monoisotopic (exact) mass is 164 g/mol. The van der Waals surface area contributed by atoms with Gasteiger partial charge in [-0.15, -0.1) is 0 Å². The predicted octanol–water partition coefficient (Wildman–Crippen LogP) is 1.56. The minimum Gasteiger partial charge on any atom is -0.348 e. The van der Waals surface area contributed by atoms with Gasteiger partial charge in [0.15, 0.2) is 6.67 Å². The van der Waals surface area contributed by atoms with Gasteiger partial charge in [-0.1, -0.05) is 0 Å². The largest absolute Gasteiger partial charge is 0.348 e. The van der Waals surface area contributed by atoms with Gasteiger partial charge in [0.05, 0.1) is 6.42 Å². The fourth-order valence-electron chi connectivity index (χ4n) is 0.687. The second-order valence-electron chi connectivity index (χ2n) is 2.20. The maximum atomic E-state index is 12.3. The summed E-state index contributed by atoms with van der Waals surface area (Å²) < 4.78 is 36.1. The van der Waals surface area contributed by atoms with Crippen LogP contribution in [0.25, 0.3) is 0 Å². The Morgan fingerprint density at radius 3 is 2.73 bits per heavy atom. The molecule has 0 spiro atoms. The molecule has 0 fully saturated rings. The molecule has 0 aliphatic rings. The van der Waals surface area contributed by atoms with Gasteiger partial charge in [0.1, 0.15) is 5.82 Å². The lowest BCUT2D eigenvalue weighted by molar-refractivity contribution is -0.0232. The van der Waals surface area contributed by atoms with Crippen LogP contribution in [0.5, 0.6) is 0 Å². The molecular formula is C6H7F3N2. The summed E-state index contributed by atoms with van der Waals surface area (Å²) in [7, 11) is 0. The van der Waals surface area contributed by atoms with Crippen LogP contribution >= 0.6 is 0 Å². The maximum Gasteiger partial charge on any atom is 0.282 e. The number of nitrogens with zero attached hydrogens (tertiary/aromatic N) is 1. The van der Waals surface area contributed by atoms with Gasteiger partial charge in [-0.2, -0.15) is 0 Å². The van der Waals surface area contributed by atoms with E-state index in [4.69, 9.17) is 0 Å². The Morgan fingerprint density at radius 2 is 2.27 bits per heavy atom. The van der Waals surface area contributed by atoms with Crippen molar-refractivity contribution in [3.05, 3.63) is 18.2 Å². The fourth-order valence-corrected chi connectivity index (χ4v) is 0.687. The molecule has 0 saturated carbocycles. The highest BCUT2D eigenvalue weighted by Crippen LogP contribution is 2.17. The number of rotatable bonds is 3. The SMILES string of the molecule is FCC(F)(F)Cc1ncc[nH]1. The lowest BCUT2D eigenvalue weighted by Gasteiger charge is -2.08. The average molecular weight is 164 g/mol. The van der Waals surface area contributed by atoms with E-state index in [1.165, 1.54) is 12.4 Å². The summed E-state index contributed by atoms with van der Waals surface area (Å²) in [5, 5.41) is 0. The summed E-state index contributed by atoms with van der Waals surface area (Å²) in [5.41, 5.74) is 0. The Bertz CT molecular complexity index is 208. The molecule has 62 valence electrons. The normalized spacial score (nSPS) is 11.9. The molecule has 0 bridgehead atoms. The van der Waals surface area contributed by atoms with Crippen molar-refractivity contribution in [2.45, 2.75) is 12.3 Å². The first-order chi connectivity index (χ1) is 5.14. The third-order valence-electron chi connectivity index (χ3n) is 1.18. The molecule has 1 rings (SSSR count). The number of alkyl halides is 3. The van der Waals surface area contributed by atoms with Crippen LogP contribution in [-0.4, -0.2) is 22.6 Å². The minimum atomic E-state index is -3.29. The van der Waals surface area contributed by atoms with E-state index in [0.29, 0.717) is 0 Å². The summed E-state index contributed by atoms with van der Waals surface area (Å²) in [6.45, 7) is -1.65. The van der Waals surface area contributed by atoms with Gasteiger partial charge in [-0.25, -0.2) is 18.2 Å². The Kier molecular flexibility index (Phi) is 2.16. The van der Waals surface area contributed by atoms with Gasteiger partial charge in [0, 0.05) is 12.4 Å². The van der Waals surface area contributed by atoms with Gasteiger partial charge < -0.3 is 4.98 Å². The summed E-state index contributed by atoms with van der Waals surface area (Å²) in [4.78, 5) is 6.02. The number of imidazole rings is 1. The van der Waals surface area contributed by atoms with Gasteiger partial charge in [0.25, 0.3) is 5.92 Å². The molecule has 5 heteroatoms. The molecule has 0 radical (unpaired) electrons. The number of hydrogen-bond acceptors (Lipinski definition) is 1. The van der Waals surface area contributed by atoms with Gasteiger partial charge in [-0.3, -0.25) is 0 Å². The third-order valence-corrected chi connectivity index (χ3v) is 1.18. The van der Waals surface area contributed by atoms with Gasteiger partial charge in [-0.05, 0) is 0 Å². The zero-order chi connectivity index (χ0) is 8.32. The Labute approximate surface area is 61.5 Å². The molecule has 0 saturated heterocycles. The van der Waals surface area contributed by atoms with Gasteiger partial charge >= 0.3 is 0 Å². The molecule has 1 heterocycles. The molecule has 0 atom stereocenters. The van der Waals surface area contributed by atoms with Crippen LogP contribution in [0, 0.1) is 0 Å². The van der Waals surface area contributed by atoms with Crippen LogP contribution in [-0.2, 0) is 6.42 Å². The molecule has 1 N–H and O–H groups in total. The first-order valence-corrected chi connectivity index (χ1v) is 3.06. The van der Waals surface area contributed by atoms with Crippen molar-refractivity contribution >= 4 is 0 Å². The van der Waals surface area contributed by atoms with Crippen molar-refractivity contribution in [3.63, 3.8) is 0 Å². The summed E-state index contributed by atoms with van der Waals surface area (Å²) >= 11 is 0. The van der Waals surface area contributed by atoms with E-state index in [9.17, 15) is 13.2 Å². The molecule has 0 aliphatic heterocycles. The summed E-state index contributed by atoms with van der Waals surface area (Å²) in [6, 6.07) is 0. The van der Waals surface area contributed by atoms with E-state index in [2.05, 4.69) is 9.97 Å². The van der Waals surface area contributed by atoms with Gasteiger partial charge in [0.2, 0.25) is 0 Å². The smallest absolute Gasteiger partial charge is 0.282 e. The zero-order valence-corrected chi connectivity index (χ0v) is 5.65. The Hall–Kier alpha value is -1.00. The minimum absolute atomic E-state index is 0.104. The van der Waals surface area contributed by atoms with E-state index in [-0.39, 0.29) is 5.82 Å². The molecule has 0 aromatic carbocycles. The Balaban J connectivity index is 2.56. The topological polar surface area (TPSA) is 28.7 Å². The summed E-state index contributed by atoms with van der Waals surface area (Å²) in [6.07, 6.45) is 2.10. The maximum absolute atomic E-state index is 12.3. The number of aromatic nitrogens is 2. The highest BCUT2D eigenvalue weighted by Gasteiger charge is 2.30. The van der Waals surface area contributed by atoms with Crippen molar-refractivity contribution in [2.75, 3.05) is 6.67 Å². The zero-order valence-electron chi connectivity index (χ0n) is 5.65.